The fraction of sp³-hybridized carbons (Fsp3) is 0.176. The van der Waals surface area contributed by atoms with Crippen molar-refractivity contribution in [1.29, 1.82) is 0 Å². The van der Waals surface area contributed by atoms with Crippen molar-refractivity contribution in [3.05, 3.63) is 64.7 Å². The molecule has 0 saturated heterocycles. The number of nitrogens with zero attached hydrogens (tertiary/aromatic N) is 1. The van der Waals surface area contributed by atoms with Gasteiger partial charge in [0.05, 0.1) is 11.1 Å². The third-order valence-corrected chi connectivity index (χ3v) is 3.41. The quantitative estimate of drug-likeness (QED) is 0.940. The molecule has 1 N–H and O–H groups in total. The first kappa shape index (κ1) is 14.8. The summed E-state index contributed by atoms with van der Waals surface area (Å²) in [6, 6.07) is 12.0. The first-order valence-electron chi connectivity index (χ1n) is 6.59. The van der Waals surface area contributed by atoms with Crippen LogP contribution in [0.1, 0.15) is 31.8 Å². The number of anilines is 1. The van der Waals surface area contributed by atoms with Gasteiger partial charge in [0.25, 0.3) is 5.91 Å². The molecule has 0 spiro atoms. The maximum absolute atomic E-state index is 12.6. The van der Waals surface area contributed by atoms with Crippen molar-refractivity contribution in [2.24, 2.45) is 0 Å². The van der Waals surface area contributed by atoms with Gasteiger partial charge in [-0.15, -0.1) is 0 Å². The van der Waals surface area contributed by atoms with Gasteiger partial charge in [0.15, 0.2) is 0 Å². The number of aromatic carboxylic acids is 1. The summed E-state index contributed by atoms with van der Waals surface area (Å²) in [6.45, 7) is 3.91. The number of carboxylic acid groups (broad SMARTS) is 1. The van der Waals surface area contributed by atoms with Gasteiger partial charge in [-0.3, -0.25) is 4.79 Å². The highest BCUT2D eigenvalue weighted by molar-refractivity contribution is 6.11. The molecule has 0 radical (unpaired) electrons. The van der Waals surface area contributed by atoms with Crippen LogP contribution in [-0.4, -0.2) is 24.0 Å². The molecular formula is C17H17NO3. The van der Waals surface area contributed by atoms with E-state index in [-0.39, 0.29) is 17.0 Å². The zero-order valence-corrected chi connectivity index (χ0v) is 12.3. The highest BCUT2D eigenvalue weighted by Gasteiger charge is 2.20. The highest BCUT2D eigenvalue weighted by atomic mass is 16.4. The monoisotopic (exact) mass is 283 g/mol. The number of carboxylic acids is 1. The van der Waals surface area contributed by atoms with E-state index in [0.717, 1.165) is 16.8 Å². The van der Waals surface area contributed by atoms with Crippen molar-refractivity contribution >= 4 is 17.6 Å². The van der Waals surface area contributed by atoms with Crippen LogP contribution < -0.4 is 4.90 Å². The smallest absolute Gasteiger partial charge is 0.336 e. The number of aryl methyl sites for hydroxylation is 2. The standard InChI is InChI=1S/C17H17NO3/c1-11-8-9-15(12(2)10-11)18(3)16(19)13-6-4-5-7-14(13)17(20)21/h4-10H,1-3H3,(H,20,21). The molecule has 0 bridgehead atoms. The second-order valence-electron chi connectivity index (χ2n) is 5.00. The van der Waals surface area contributed by atoms with Crippen LogP contribution in [0.5, 0.6) is 0 Å². The Morgan fingerprint density at radius 3 is 2.19 bits per heavy atom. The van der Waals surface area contributed by atoms with Crippen LogP contribution in [0.3, 0.4) is 0 Å². The first-order chi connectivity index (χ1) is 9.91. The third-order valence-electron chi connectivity index (χ3n) is 3.41. The molecule has 0 aliphatic carbocycles. The zero-order valence-electron chi connectivity index (χ0n) is 12.3. The number of benzene rings is 2. The minimum atomic E-state index is -1.10. The molecule has 0 saturated carbocycles. The number of carbonyl (C=O) groups excluding carboxylic acids is 1. The summed E-state index contributed by atoms with van der Waals surface area (Å²) in [5.74, 6) is -1.44. The van der Waals surface area contributed by atoms with Crippen LogP contribution >= 0.6 is 0 Å². The summed E-state index contributed by atoms with van der Waals surface area (Å²) in [4.78, 5) is 25.3. The van der Waals surface area contributed by atoms with E-state index in [1.165, 1.54) is 17.0 Å². The Kier molecular flexibility index (Phi) is 4.08. The van der Waals surface area contributed by atoms with Crippen LogP contribution in [0, 0.1) is 13.8 Å². The summed E-state index contributed by atoms with van der Waals surface area (Å²) in [7, 11) is 1.65. The average Bonchev–Trinajstić information content (AvgIpc) is 2.45. The molecule has 21 heavy (non-hydrogen) atoms. The van der Waals surface area contributed by atoms with Crippen molar-refractivity contribution in [3.63, 3.8) is 0 Å². The molecule has 0 aliphatic rings. The van der Waals surface area contributed by atoms with Crippen LogP contribution in [0.2, 0.25) is 0 Å². The van der Waals surface area contributed by atoms with Crippen LogP contribution in [0.15, 0.2) is 42.5 Å². The van der Waals surface area contributed by atoms with E-state index in [4.69, 9.17) is 0 Å². The molecule has 2 aromatic carbocycles. The lowest BCUT2D eigenvalue weighted by molar-refractivity contribution is 0.0692. The summed E-state index contributed by atoms with van der Waals surface area (Å²) in [5.41, 5.74) is 3.05. The summed E-state index contributed by atoms with van der Waals surface area (Å²) >= 11 is 0. The Bertz CT molecular complexity index is 707. The number of carbonyl (C=O) groups is 2. The molecule has 0 unspecified atom stereocenters. The zero-order chi connectivity index (χ0) is 15.6. The Morgan fingerprint density at radius 1 is 1.00 bits per heavy atom. The fourth-order valence-corrected chi connectivity index (χ4v) is 2.33. The molecule has 4 nitrogen and oxygen atoms in total. The van der Waals surface area contributed by atoms with Crippen LogP contribution in [-0.2, 0) is 0 Å². The Morgan fingerprint density at radius 2 is 1.62 bits per heavy atom. The molecule has 0 aliphatic heterocycles. The molecule has 2 aromatic rings. The van der Waals surface area contributed by atoms with Crippen molar-refractivity contribution in [1.82, 2.24) is 0 Å². The highest BCUT2D eigenvalue weighted by Crippen LogP contribution is 2.22. The van der Waals surface area contributed by atoms with Crippen LogP contribution in [0.4, 0.5) is 5.69 Å². The normalized spacial score (nSPS) is 10.2. The molecule has 0 fully saturated rings. The summed E-state index contributed by atoms with van der Waals surface area (Å²) < 4.78 is 0. The van der Waals surface area contributed by atoms with Crippen molar-refractivity contribution in [3.8, 4) is 0 Å². The van der Waals surface area contributed by atoms with Gasteiger partial charge in [-0.05, 0) is 37.6 Å². The van der Waals surface area contributed by atoms with Gasteiger partial charge in [0, 0.05) is 12.7 Å². The van der Waals surface area contributed by atoms with E-state index in [2.05, 4.69) is 0 Å². The molecular weight excluding hydrogens is 266 g/mol. The van der Waals surface area contributed by atoms with Gasteiger partial charge in [0.2, 0.25) is 0 Å². The Labute approximate surface area is 123 Å². The maximum Gasteiger partial charge on any atom is 0.336 e. The maximum atomic E-state index is 12.6. The van der Waals surface area contributed by atoms with Crippen LogP contribution in [0.25, 0.3) is 0 Å². The van der Waals surface area contributed by atoms with Gasteiger partial charge in [-0.25, -0.2) is 4.79 Å². The Hall–Kier alpha value is -2.62. The van der Waals surface area contributed by atoms with E-state index in [0.29, 0.717) is 0 Å². The van der Waals surface area contributed by atoms with Gasteiger partial charge in [-0.2, -0.15) is 0 Å². The fourth-order valence-electron chi connectivity index (χ4n) is 2.33. The van der Waals surface area contributed by atoms with E-state index < -0.39 is 5.97 Å². The lowest BCUT2D eigenvalue weighted by Gasteiger charge is -2.20. The van der Waals surface area contributed by atoms with E-state index >= 15 is 0 Å². The van der Waals surface area contributed by atoms with Crippen molar-refractivity contribution in [2.75, 3.05) is 11.9 Å². The summed E-state index contributed by atoms with van der Waals surface area (Å²) in [5, 5.41) is 9.19. The third kappa shape index (κ3) is 2.94. The second kappa shape index (κ2) is 5.79. The summed E-state index contributed by atoms with van der Waals surface area (Å²) in [6.07, 6.45) is 0. The largest absolute Gasteiger partial charge is 0.478 e. The molecule has 0 aromatic heterocycles. The van der Waals surface area contributed by atoms with Gasteiger partial charge in [0.1, 0.15) is 0 Å². The minimum Gasteiger partial charge on any atom is -0.478 e. The lowest BCUT2D eigenvalue weighted by Crippen LogP contribution is -2.28. The number of hydrogen-bond acceptors (Lipinski definition) is 2. The minimum absolute atomic E-state index is 0.0131. The molecule has 2 rings (SSSR count). The average molecular weight is 283 g/mol. The second-order valence-corrected chi connectivity index (χ2v) is 5.00. The first-order valence-corrected chi connectivity index (χ1v) is 6.59. The molecule has 0 atom stereocenters. The van der Waals surface area contributed by atoms with Gasteiger partial charge < -0.3 is 10.0 Å². The number of rotatable bonds is 3. The van der Waals surface area contributed by atoms with E-state index in [1.54, 1.807) is 19.2 Å². The SMILES string of the molecule is Cc1ccc(N(C)C(=O)c2ccccc2C(=O)O)c(C)c1. The molecule has 108 valence electrons. The molecule has 4 heteroatoms. The van der Waals surface area contributed by atoms with E-state index in [1.807, 2.05) is 32.0 Å². The number of hydrogen-bond donors (Lipinski definition) is 1. The molecule has 0 heterocycles. The van der Waals surface area contributed by atoms with Crippen molar-refractivity contribution in [2.45, 2.75) is 13.8 Å². The van der Waals surface area contributed by atoms with Gasteiger partial charge >= 0.3 is 5.97 Å². The lowest BCUT2D eigenvalue weighted by atomic mass is 10.0. The Balaban J connectivity index is 2.42. The molecule has 1 amide bonds. The number of amides is 1. The topological polar surface area (TPSA) is 57.6 Å². The van der Waals surface area contributed by atoms with Crippen molar-refractivity contribution < 1.29 is 14.7 Å². The predicted molar refractivity (Wildman–Crippen MR) is 82.1 cm³/mol. The van der Waals surface area contributed by atoms with E-state index in [9.17, 15) is 14.7 Å². The van der Waals surface area contributed by atoms with Gasteiger partial charge in [-0.1, -0.05) is 29.8 Å². The predicted octanol–water partition coefficient (Wildman–Crippen LogP) is 3.28.